The van der Waals surface area contributed by atoms with Crippen LogP contribution < -0.4 is 9.80 Å². The van der Waals surface area contributed by atoms with E-state index in [1.165, 1.54) is 4.90 Å². The Balaban J connectivity index is 1.48. The number of morpholine rings is 1. The summed E-state index contributed by atoms with van der Waals surface area (Å²) in [7, 11) is 0. The number of aromatic nitrogens is 2. The van der Waals surface area contributed by atoms with E-state index in [-0.39, 0.29) is 18.1 Å². The van der Waals surface area contributed by atoms with Crippen LogP contribution in [-0.2, 0) is 9.53 Å². The number of quaternary nitrogens is 1. The van der Waals surface area contributed by atoms with Crippen LogP contribution in [0.5, 0.6) is 0 Å². The summed E-state index contributed by atoms with van der Waals surface area (Å²) in [6.07, 6.45) is 3.97. The fourth-order valence-electron chi connectivity index (χ4n) is 3.47. The highest BCUT2D eigenvalue weighted by Gasteiger charge is 2.30. The molecule has 0 spiro atoms. The Labute approximate surface area is 137 Å². The zero-order chi connectivity index (χ0) is 16.2. The van der Waals surface area contributed by atoms with Gasteiger partial charge >= 0.3 is 0 Å². The number of amides is 1. The van der Waals surface area contributed by atoms with E-state index in [0.29, 0.717) is 6.54 Å². The summed E-state index contributed by atoms with van der Waals surface area (Å²) in [5.74, 6) is 0.996. The second kappa shape index (κ2) is 7.23. The third-order valence-electron chi connectivity index (χ3n) is 4.49. The minimum absolute atomic E-state index is 0.230. The average Bonchev–Trinajstić information content (AvgIpc) is 2.55. The van der Waals surface area contributed by atoms with Crippen molar-refractivity contribution in [3.05, 3.63) is 18.5 Å². The molecule has 3 heterocycles. The van der Waals surface area contributed by atoms with Crippen LogP contribution in [-0.4, -0.2) is 78.8 Å². The van der Waals surface area contributed by atoms with Gasteiger partial charge in [0.25, 0.3) is 5.91 Å². The minimum atomic E-state index is 0.230. The molecule has 2 saturated heterocycles. The van der Waals surface area contributed by atoms with E-state index in [2.05, 4.69) is 28.7 Å². The molecule has 1 aromatic rings. The zero-order valence-electron chi connectivity index (χ0n) is 13.9. The van der Waals surface area contributed by atoms with E-state index in [9.17, 15) is 4.79 Å². The number of anilines is 1. The molecule has 7 heteroatoms. The van der Waals surface area contributed by atoms with Crippen molar-refractivity contribution in [3.63, 3.8) is 0 Å². The number of hydrogen-bond acceptors (Lipinski definition) is 5. The Bertz CT molecular complexity index is 508. The van der Waals surface area contributed by atoms with Crippen molar-refractivity contribution in [2.24, 2.45) is 0 Å². The molecule has 1 aromatic heterocycles. The lowest BCUT2D eigenvalue weighted by Crippen LogP contribution is -3.16. The van der Waals surface area contributed by atoms with Gasteiger partial charge in [0.1, 0.15) is 25.3 Å². The Hall–Kier alpha value is -1.73. The van der Waals surface area contributed by atoms with Gasteiger partial charge in [-0.05, 0) is 19.9 Å². The molecule has 0 radical (unpaired) electrons. The van der Waals surface area contributed by atoms with Crippen molar-refractivity contribution in [1.29, 1.82) is 0 Å². The van der Waals surface area contributed by atoms with Crippen molar-refractivity contribution in [3.8, 4) is 0 Å². The van der Waals surface area contributed by atoms with Crippen molar-refractivity contribution in [1.82, 2.24) is 14.9 Å². The molecular formula is C16H26N5O2+. The molecule has 1 N–H and O–H groups in total. The molecule has 0 saturated carbocycles. The second-order valence-corrected chi connectivity index (χ2v) is 6.51. The van der Waals surface area contributed by atoms with Crippen molar-refractivity contribution < 1.29 is 14.4 Å². The normalized spacial score (nSPS) is 28.7. The molecule has 126 valence electrons. The maximum Gasteiger partial charge on any atom is 0.277 e. The molecule has 1 amide bonds. The van der Waals surface area contributed by atoms with Crippen molar-refractivity contribution in [2.75, 3.05) is 50.7 Å². The molecule has 1 unspecified atom stereocenters. The van der Waals surface area contributed by atoms with Gasteiger partial charge in [-0.3, -0.25) is 4.79 Å². The van der Waals surface area contributed by atoms with Gasteiger partial charge in [-0.15, -0.1) is 0 Å². The third kappa shape index (κ3) is 4.17. The molecule has 3 rings (SSSR count). The van der Waals surface area contributed by atoms with E-state index < -0.39 is 0 Å². The Morgan fingerprint density at radius 1 is 1.17 bits per heavy atom. The molecule has 2 aliphatic heterocycles. The number of carbonyl (C=O) groups is 1. The largest absolute Gasteiger partial charge is 0.364 e. The SMILES string of the molecule is C[C@@H]1C[NH+](CC(=O)N2CCN(c3ncccn3)CC2)C[C@H](C)O1. The van der Waals surface area contributed by atoms with Crippen LogP contribution in [0.4, 0.5) is 5.95 Å². The number of hydrogen-bond donors (Lipinski definition) is 1. The first-order valence-electron chi connectivity index (χ1n) is 8.40. The smallest absolute Gasteiger partial charge is 0.277 e. The summed E-state index contributed by atoms with van der Waals surface area (Å²) < 4.78 is 5.74. The van der Waals surface area contributed by atoms with E-state index in [1.807, 2.05) is 11.0 Å². The lowest BCUT2D eigenvalue weighted by atomic mass is 10.2. The van der Waals surface area contributed by atoms with E-state index in [0.717, 1.165) is 45.2 Å². The van der Waals surface area contributed by atoms with Crippen LogP contribution in [0.25, 0.3) is 0 Å². The van der Waals surface area contributed by atoms with Crippen LogP contribution >= 0.6 is 0 Å². The number of rotatable bonds is 3. The highest BCUT2D eigenvalue weighted by Crippen LogP contribution is 2.09. The molecule has 23 heavy (non-hydrogen) atoms. The fourth-order valence-corrected chi connectivity index (χ4v) is 3.47. The first-order chi connectivity index (χ1) is 11.1. The average molecular weight is 320 g/mol. The van der Waals surface area contributed by atoms with Crippen LogP contribution in [0.3, 0.4) is 0 Å². The Morgan fingerprint density at radius 2 is 1.78 bits per heavy atom. The first-order valence-corrected chi connectivity index (χ1v) is 8.40. The topological polar surface area (TPSA) is 63.0 Å². The van der Waals surface area contributed by atoms with Gasteiger partial charge in [-0.1, -0.05) is 0 Å². The maximum atomic E-state index is 12.5. The first kappa shape index (κ1) is 16.1. The minimum Gasteiger partial charge on any atom is -0.364 e. The van der Waals surface area contributed by atoms with Gasteiger partial charge in [0.2, 0.25) is 5.95 Å². The molecule has 2 aliphatic rings. The van der Waals surface area contributed by atoms with Gasteiger partial charge in [0, 0.05) is 38.6 Å². The monoisotopic (exact) mass is 320 g/mol. The van der Waals surface area contributed by atoms with Crippen molar-refractivity contribution in [2.45, 2.75) is 26.1 Å². The lowest BCUT2D eigenvalue weighted by molar-refractivity contribution is -0.907. The summed E-state index contributed by atoms with van der Waals surface area (Å²) in [5.41, 5.74) is 0. The van der Waals surface area contributed by atoms with Crippen LogP contribution in [0, 0.1) is 0 Å². The molecule has 3 atom stereocenters. The molecule has 0 aromatic carbocycles. The predicted molar refractivity (Wildman–Crippen MR) is 86.4 cm³/mol. The lowest BCUT2D eigenvalue weighted by Gasteiger charge is -2.36. The van der Waals surface area contributed by atoms with Gasteiger partial charge in [0.05, 0.1) is 0 Å². The number of ether oxygens (including phenoxy) is 1. The maximum absolute atomic E-state index is 12.5. The molecule has 7 nitrogen and oxygen atoms in total. The number of carbonyl (C=O) groups excluding carboxylic acids is 1. The highest BCUT2D eigenvalue weighted by atomic mass is 16.5. The zero-order valence-corrected chi connectivity index (χ0v) is 13.9. The fraction of sp³-hybridized carbons (Fsp3) is 0.688. The van der Waals surface area contributed by atoms with Crippen molar-refractivity contribution >= 4 is 11.9 Å². The van der Waals surface area contributed by atoms with Gasteiger partial charge in [-0.2, -0.15) is 0 Å². The van der Waals surface area contributed by atoms with E-state index in [4.69, 9.17) is 4.74 Å². The van der Waals surface area contributed by atoms with Gasteiger partial charge < -0.3 is 19.4 Å². The summed E-state index contributed by atoms with van der Waals surface area (Å²) in [6.45, 7) is 9.62. The van der Waals surface area contributed by atoms with Crippen LogP contribution in [0.15, 0.2) is 18.5 Å². The van der Waals surface area contributed by atoms with Crippen LogP contribution in [0.2, 0.25) is 0 Å². The summed E-state index contributed by atoms with van der Waals surface area (Å²) in [6, 6.07) is 1.82. The summed E-state index contributed by atoms with van der Waals surface area (Å²) >= 11 is 0. The van der Waals surface area contributed by atoms with Gasteiger partial charge in [0.15, 0.2) is 6.54 Å². The molecule has 0 bridgehead atoms. The van der Waals surface area contributed by atoms with Gasteiger partial charge in [-0.25, -0.2) is 9.97 Å². The molecule has 2 fully saturated rings. The Morgan fingerprint density at radius 3 is 2.39 bits per heavy atom. The predicted octanol–water partition coefficient (Wildman–Crippen LogP) is -1.18. The summed E-state index contributed by atoms with van der Waals surface area (Å²) in [5, 5.41) is 0. The quantitative estimate of drug-likeness (QED) is 0.759. The molecular weight excluding hydrogens is 294 g/mol. The third-order valence-corrected chi connectivity index (χ3v) is 4.49. The second-order valence-electron chi connectivity index (χ2n) is 6.51. The number of nitrogens with zero attached hydrogens (tertiary/aromatic N) is 4. The van der Waals surface area contributed by atoms with E-state index in [1.54, 1.807) is 12.4 Å². The number of piperazine rings is 1. The highest BCUT2D eigenvalue weighted by molar-refractivity contribution is 5.77. The number of nitrogens with one attached hydrogen (secondary N) is 1. The molecule has 0 aliphatic carbocycles. The summed E-state index contributed by atoms with van der Waals surface area (Å²) in [4.78, 5) is 26.5. The van der Waals surface area contributed by atoms with Crippen LogP contribution in [0.1, 0.15) is 13.8 Å². The standard InChI is InChI=1S/C16H25N5O2/c1-13-10-19(11-14(2)23-13)12-15(22)20-6-8-21(9-7-20)16-17-4-3-5-18-16/h3-5,13-14H,6-12H2,1-2H3/p+1/t13-,14+. The van der Waals surface area contributed by atoms with E-state index >= 15 is 0 Å². The Kier molecular flexibility index (Phi) is 5.07.